The lowest BCUT2D eigenvalue weighted by Gasteiger charge is -2.33. The predicted octanol–water partition coefficient (Wildman–Crippen LogP) is 14.5. The first-order valence-corrected chi connectivity index (χ1v) is 21.0. The quantitative estimate of drug-likeness (QED) is 0.161. The number of fused-ring (bicyclic) bond motifs is 6. The molecule has 11 aromatic rings. The van der Waals surface area contributed by atoms with Gasteiger partial charge in [0.05, 0.1) is 11.0 Å². The second kappa shape index (κ2) is 14.5. The van der Waals surface area contributed by atoms with E-state index in [4.69, 9.17) is 19.4 Å². The lowest BCUT2D eigenvalue weighted by Crippen LogP contribution is -2.28. The molecule has 0 aliphatic heterocycles. The molecule has 1 aliphatic rings. The van der Waals surface area contributed by atoms with E-state index in [0.29, 0.717) is 17.5 Å². The zero-order chi connectivity index (χ0) is 41.0. The van der Waals surface area contributed by atoms with Gasteiger partial charge >= 0.3 is 0 Å². The van der Waals surface area contributed by atoms with Gasteiger partial charge < -0.3 is 4.42 Å². The van der Waals surface area contributed by atoms with Crippen molar-refractivity contribution in [3.05, 3.63) is 247 Å². The number of furan rings is 1. The normalized spacial score (nSPS) is 12.6. The average molecular weight is 792 g/mol. The second-order valence-electron chi connectivity index (χ2n) is 15.9. The molecule has 0 atom stereocenters. The summed E-state index contributed by atoms with van der Waals surface area (Å²) in [5.74, 6) is 1.74. The van der Waals surface area contributed by atoms with Crippen molar-refractivity contribution in [1.29, 1.82) is 0 Å². The van der Waals surface area contributed by atoms with Gasteiger partial charge in [-0.25, -0.2) is 15.0 Å². The smallest absolute Gasteiger partial charge is 0.167 e. The first-order chi connectivity index (χ1) is 30.7. The van der Waals surface area contributed by atoms with E-state index in [9.17, 15) is 0 Å². The molecule has 4 heteroatoms. The molecule has 4 nitrogen and oxygen atoms in total. The molecule has 12 rings (SSSR count). The summed E-state index contributed by atoms with van der Waals surface area (Å²) >= 11 is 0. The van der Waals surface area contributed by atoms with Crippen LogP contribution < -0.4 is 0 Å². The largest absolute Gasteiger partial charge is 0.455 e. The molecule has 9 aromatic carbocycles. The van der Waals surface area contributed by atoms with Gasteiger partial charge in [-0.15, -0.1) is 0 Å². The molecule has 290 valence electrons. The fourth-order valence-electron chi connectivity index (χ4n) is 9.55. The molecule has 0 saturated heterocycles. The number of hydrogen-bond donors (Lipinski definition) is 0. The van der Waals surface area contributed by atoms with Gasteiger partial charge in [-0.2, -0.15) is 0 Å². The first kappa shape index (κ1) is 35.7. The van der Waals surface area contributed by atoms with Gasteiger partial charge in [0.15, 0.2) is 17.5 Å². The molecule has 0 bridgehead atoms. The molecule has 0 saturated carbocycles. The molecule has 0 fully saturated rings. The molecule has 2 heterocycles. The summed E-state index contributed by atoms with van der Waals surface area (Å²) < 4.78 is 7.05. The van der Waals surface area contributed by atoms with Crippen LogP contribution in [0.15, 0.2) is 229 Å². The predicted molar refractivity (Wildman–Crippen MR) is 252 cm³/mol. The minimum Gasteiger partial charge on any atom is -0.455 e. The summed E-state index contributed by atoms with van der Waals surface area (Å²) in [6, 6.07) is 79.2. The van der Waals surface area contributed by atoms with Crippen LogP contribution in [0.4, 0.5) is 0 Å². The third-order valence-corrected chi connectivity index (χ3v) is 12.5. The number of hydrogen-bond acceptors (Lipinski definition) is 4. The molecular formula is C58H37N3O. The van der Waals surface area contributed by atoms with Crippen molar-refractivity contribution in [1.82, 2.24) is 15.0 Å². The summed E-state index contributed by atoms with van der Waals surface area (Å²) in [6.45, 7) is 0. The van der Waals surface area contributed by atoms with E-state index in [1.807, 2.05) is 12.1 Å². The van der Waals surface area contributed by atoms with E-state index >= 15 is 0 Å². The standard InChI is InChI=1S/C58H37N3O/c1-5-16-38(17-6-1)40-28-32-42(33-29-40)55-59-56(43-34-30-41(31-35-43)39-18-7-2-8-19-39)61-57(60-55)48-26-15-25-47-50-36-49-46-24-13-14-27-51(46)58(44-20-9-3-10-21-44,45-22-11-4-12-23-45)52(49)37-53(50)62-54(47)48/h1-37H. The molecule has 2 aromatic heterocycles. The summed E-state index contributed by atoms with van der Waals surface area (Å²) in [7, 11) is 0. The highest BCUT2D eigenvalue weighted by molar-refractivity contribution is 6.11. The van der Waals surface area contributed by atoms with Crippen LogP contribution in [0.2, 0.25) is 0 Å². The Morgan fingerprint density at radius 3 is 1.32 bits per heavy atom. The van der Waals surface area contributed by atoms with Crippen molar-refractivity contribution >= 4 is 21.9 Å². The van der Waals surface area contributed by atoms with Gasteiger partial charge in [0.2, 0.25) is 0 Å². The van der Waals surface area contributed by atoms with Crippen molar-refractivity contribution in [3.8, 4) is 67.5 Å². The highest BCUT2D eigenvalue weighted by Crippen LogP contribution is 2.57. The van der Waals surface area contributed by atoms with Crippen LogP contribution >= 0.6 is 0 Å². The van der Waals surface area contributed by atoms with Crippen molar-refractivity contribution in [2.24, 2.45) is 0 Å². The Morgan fingerprint density at radius 2 is 0.758 bits per heavy atom. The minimum atomic E-state index is -0.533. The van der Waals surface area contributed by atoms with Crippen LogP contribution in [0.25, 0.3) is 89.5 Å². The fraction of sp³-hybridized carbons (Fsp3) is 0.0172. The van der Waals surface area contributed by atoms with E-state index < -0.39 is 5.41 Å². The Kier molecular flexibility index (Phi) is 8.36. The van der Waals surface area contributed by atoms with Crippen molar-refractivity contribution in [2.75, 3.05) is 0 Å². The van der Waals surface area contributed by atoms with Crippen LogP contribution in [-0.2, 0) is 5.41 Å². The maximum Gasteiger partial charge on any atom is 0.167 e. The number of para-hydroxylation sites is 1. The highest BCUT2D eigenvalue weighted by Gasteiger charge is 2.46. The van der Waals surface area contributed by atoms with Gasteiger partial charge in [0, 0.05) is 21.9 Å². The Bertz CT molecular complexity index is 3280. The lowest BCUT2D eigenvalue weighted by molar-refractivity contribution is 0.666. The Balaban J connectivity index is 1.05. The van der Waals surface area contributed by atoms with Gasteiger partial charge in [0.25, 0.3) is 0 Å². The highest BCUT2D eigenvalue weighted by atomic mass is 16.3. The van der Waals surface area contributed by atoms with Crippen LogP contribution in [0.1, 0.15) is 22.3 Å². The van der Waals surface area contributed by atoms with Crippen molar-refractivity contribution in [3.63, 3.8) is 0 Å². The molecule has 0 N–H and O–H groups in total. The Labute approximate surface area is 359 Å². The van der Waals surface area contributed by atoms with Crippen LogP contribution in [0.5, 0.6) is 0 Å². The number of nitrogens with zero attached hydrogens (tertiary/aromatic N) is 3. The second-order valence-corrected chi connectivity index (χ2v) is 15.9. The monoisotopic (exact) mass is 791 g/mol. The van der Waals surface area contributed by atoms with Gasteiger partial charge in [0.1, 0.15) is 11.2 Å². The Hall–Kier alpha value is -8.21. The minimum absolute atomic E-state index is 0.533. The van der Waals surface area contributed by atoms with Gasteiger partial charge in [-0.1, -0.05) is 206 Å². The summed E-state index contributed by atoms with van der Waals surface area (Å²) in [4.78, 5) is 15.5. The molecule has 62 heavy (non-hydrogen) atoms. The first-order valence-electron chi connectivity index (χ1n) is 21.0. The zero-order valence-corrected chi connectivity index (χ0v) is 33.6. The maximum absolute atomic E-state index is 7.05. The van der Waals surface area contributed by atoms with Crippen molar-refractivity contribution < 1.29 is 4.42 Å². The number of benzene rings is 9. The van der Waals surface area contributed by atoms with E-state index in [0.717, 1.165) is 60.9 Å². The molecule has 0 amide bonds. The van der Waals surface area contributed by atoms with Crippen molar-refractivity contribution in [2.45, 2.75) is 5.41 Å². The van der Waals surface area contributed by atoms with E-state index in [-0.39, 0.29) is 0 Å². The summed E-state index contributed by atoms with van der Waals surface area (Å²) in [5, 5.41) is 2.06. The molecular weight excluding hydrogens is 755 g/mol. The maximum atomic E-state index is 7.05. The van der Waals surface area contributed by atoms with E-state index in [1.54, 1.807) is 0 Å². The molecule has 1 aliphatic carbocycles. The lowest BCUT2D eigenvalue weighted by atomic mass is 9.67. The summed E-state index contributed by atoms with van der Waals surface area (Å²) in [6.07, 6.45) is 0. The average Bonchev–Trinajstić information content (AvgIpc) is 3.87. The zero-order valence-electron chi connectivity index (χ0n) is 33.6. The Morgan fingerprint density at radius 1 is 0.306 bits per heavy atom. The third kappa shape index (κ3) is 5.72. The van der Waals surface area contributed by atoms with Crippen LogP contribution in [0.3, 0.4) is 0 Å². The topological polar surface area (TPSA) is 51.8 Å². The molecule has 0 unspecified atom stereocenters. The van der Waals surface area contributed by atoms with Gasteiger partial charge in [-0.3, -0.25) is 0 Å². The third-order valence-electron chi connectivity index (χ3n) is 12.5. The van der Waals surface area contributed by atoms with E-state index in [2.05, 4.69) is 212 Å². The fourth-order valence-corrected chi connectivity index (χ4v) is 9.55. The van der Waals surface area contributed by atoms with Crippen LogP contribution in [0, 0.1) is 0 Å². The van der Waals surface area contributed by atoms with E-state index in [1.165, 1.54) is 33.4 Å². The summed E-state index contributed by atoms with van der Waals surface area (Å²) in [5.41, 5.74) is 15.5. The SMILES string of the molecule is c1ccc(-c2ccc(-c3nc(-c4ccc(-c5ccccc5)cc4)nc(-c4cccc5c4oc4cc6c(cc45)-c4ccccc4C6(c4ccccc4)c4ccccc4)n3)cc2)cc1. The van der Waals surface area contributed by atoms with Crippen LogP contribution in [-0.4, -0.2) is 15.0 Å². The number of aromatic nitrogens is 3. The molecule has 0 spiro atoms. The number of rotatable bonds is 7. The molecule has 0 radical (unpaired) electrons. The van der Waals surface area contributed by atoms with Gasteiger partial charge in [-0.05, 0) is 73.8 Å².